The zero-order chi connectivity index (χ0) is 19.0. The summed E-state index contributed by atoms with van der Waals surface area (Å²) in [5.74, 6) is 0. The molecule has 0 aliphatic rings. The number of benzene rings is 4. The van der Waals surface area contributed by atoms with Crippen LogP contribution in [0, 0.1) is 0 Å². The van der Waals surface area contributed by atoms with Crippen LogP contribution in [-0.2, 0) is 0 Å². The van der Waals surface area contributed by atoms with Crippen molar-refractivity contribution in [1.29, 1.82) is 0 Å². The number of hydrogen-bond acceptors (Lipinski definition) is 1. The van der Waals surface area contributed by atoms with Crippen molar-refractivity contribution < 1.29 is 0 Å². The second kappa shape index (κ2) is 9.61. The molecule has 0 spiro atoms. The summed E-state index contributed by atoms with van der Waals surface area (Å²) in [5, 5.41) is 0. The average Bonchev–Trinajstić information content (AvgIpc) is 2.79. The minimum atomic E-state index is -1.33. The number of hydrogen-bond donors (Lipinski definition) is 0. The molecule has 2 heteroatoms. The molecule has 0 aliphatic carbocycles. The molecular weight excluding hydrogens is 423 g/mol. The van der Waals surface area contributed by atoms with Gasteiger partial charge >= 0.3 is 176 Å². The van der Waals surface area contributed by atoms with Crippen LogP contribution in [0.15, 0.2) is 131 Å². The van der Waals surface area contributed by atoms with Crippen molar-refractivity contribution >= 4 is 39.5 Å². The van der Waals surface area contributed by atoms with E-state index in [0.717, 1.165) is 0 Å². The van der Waals surface area contributed by atoms with E-state index in [1.165, 1.54) is 24.3 Å². The summed E-state index contributed by atoms with van der Waals surface area (Å²) in [6.07, 6.45) is 0. The summed E-state index contributed by atoms with van der Waals surface area (Å²) < 4.78 is 2.85. The third kappa shape index (κ3) is 4.85. The second-order valence-electron chi connectivity index (χ2n) is 6.23. The third-order valence-electron chi connectivity index (χ3n) is 4.25. The first-order valence-corrected chi connectivity index (χ1v) is 12.8. The van der Waals surface area contributed by atoms with Gasteiger partial charge in [-0.1, -0.05) is 0 Å². The van der Waals surface area contributed by atoms with Gasteiger partial charge in [-0.3, -0.25) is 0 Å². The molecule has 0 heterocycles. The molecule has 0 saturated heterocycles. The number of thioether (sulfide) groups is 1. The van der Waals surface area contributed by atoms with Gasteiger partial charge in [0.05, 0.1) is 0 Å². The Morgan fingerprint density at radius 2 is 0.964 bits per heavy atom. The van der Waals surface area contributed by atoms with Gasteiger partial charge in [0.2, 0.25) is 0 Å². The fourth-order valence-electron chi connectivity index (χ4n) is 2.88. The zero-order valence-corrected chi connectivity index (χ0v) is 18.0. The Kier molecular flexibility index (Phi) is 6.47. The average molecular weight is 444 g/mol. The van der Waals surface area contributed by atoms with Crippen molar-refractivity contribution in [3.8, 4) is 0 Å². The molecule has 0 N–H and O–H groups in total. The Hall–Kier alpha value is -2.51. The predicted molar refractivity (Wildman–Crippen MR) is 125 cm³/mol. The van der Waals surface area contributed by atoms with Gasteiger partial charge in [-0.2, -0.15) is 0 Å². The van der Waals surface area contributed by atoms with E-state index in [0.29, 0.717) is 0 Å². The monoisotopic (exact) mass is 445 g/mol. The Morgan fingerprint density at radius 1 is 0.536 bits per heavy atom. The van der Waals surface area contributed by atoms with Crippen LogP contribution in [0.2, 0.25) is 0 Å². The van der Waals surface area contributed by atoms with Crippen molar-refractivity contribution in [2.24, 2.45) is 0 Å². The van der Waals surface area contributed by atoms with E-state index in [2.05, 4.69) is 126 Å². The van der Waals surface area contributed by atoms with Gasteiger partial charge in [0.15, 0.2) is 0 Å². The van der Waals surface area contributed by atoms with E-state index < -0.39 is 13.9 Å². The van der Waals surface area contributed by atoms with Crippen LogP contribution in [-0.4, -0.2) is 13.9 Å². The Balaban J connectivity index is 1.81. The molecule has 0 nitrogen and oxygen atoms in total. The van der Waals surface area contributed by atoms with Crippen molar-refractivity contribution in [2.75, 3.05) is 0 Å². The first-order chi connectivity index (χ1) is 13.9. The topological polar surface area (TPSA) is 0 Å². The van der Waals surface area contributed by atoms with Gasteiger partial charge in [0.25, 0.3) is 0 Å². The van der Waals surface area contributed by atoms with Gasteiger partial charge in [0, 0.05) is 0 Å². The SMILES string of the molecule is C(=C(/Sc1ccccc1)c1ccccc1)/[Se+](c1ccccc1)c1ccccc1. The molecular formula is C26H21SSe+. The quantitative estimate of drug-likeness (QED) is 0.273. The number of rotatable bonds is 6. The van der Waals surface area contributed by atoms with Gasteiger partial charge in [0.1, 0.15) is 0 Å². The van der Waals surface area contributed by atoms with Crippen LogP contribution < -0.4 is 8.92 Å². The van der Waals surface area contributed by atoms with E-state index in [4.69, 9.17) is 0 Å². The molecule has 0 unspecified atom stereocenters. The van der Waals surface area contributed by atoms with Crippen LogP contribution in [0.4, 0.5) is 0 Å². The van der Waals surface area contributed by atoms with E-state index in [-0.39, 0.29) is 0 Å². The van der Waals surface area contributed by atoms with Crippen molar-refractivity contribution in [1.82, 2.24) is 0 Å². The normalized spacial score (nSPS) is 11.5. The van der Waals surface area contributed by atoms with Gasteiger partial charge in [-0.05, 0) is 0 Å². The summed E-state index contributed by atoms with van der Waals surface area (Å²) in [7, 11) is 0. The molecule has 0 saturated carbocycles. The van der Waals surface area contributed by atoms with Crippen LogP contribution in [0.5, 0.6) is 0 Å². The fourth-order valence-corrected chi connectivity index (χ4v) is 8.30. The maximum atomic E-state index is 2.53. The summed E-state index contributed by atoms with van der Waals surface area (Å²) >= 11 is 0.520. The van der Waals surface area contributed by atoms with Crippen LogP contribution in [0.1, 0.15) is 5.56 Å². The van der Waals surface area contributed by atoms with Gasteiger partial charge < -0.3 is 0 Å². The van der Waals surface area contributed by atoms with E-state index in [1.807, 2.05) is 11.8 Å². The Labute approximate surface area is 175 Å². The molecule has 0 radical (unpaired) electrons. The molecule has 0 fully saturated rings. The van der Waals surface area contributed by atoms with E-state index >= 15 is 0 Å². The molecule has 136 valence electrons. The summed E-state index contributed by atoms with van der Waals surface area (Å²) in [4.78, 5) is 5.12. The van der Waals surface area contributed by atoms with E-state index in [9.17, 15) is 0 Å². The third-order valence-corrected chi connectivity index (χ3v) is 9.93. The van der Waals surface area contributed by atoms with Crippen molar-refractivity contribution in [3.63, 3.8) is 0 Å². The molecule has 0 atom stereocenters. The Morgan fingerprint density at radius 3 is 1.46 bits per heavy atom. The van der Waals surface area contributed by atoms with Crippen molar-refractivity contribution in [3.05, 3.63) is 132 Å². The van der Waals surface area contributed by atoms with Crippen LogP contribution in [0.25, 0.3) is 4.91 Å². The molecule has 4 aromatic carbocycles. The molecule has 0 aliphatic heterocycles. The van der Waals surface area contributed by atoms with Crippen LogP contribution >= 0.6 is 11.8 Å². The molecule has 0 amide bonds. The standard InChI is InChI=1S/C26H21SSe/c1-5-13-22(14-6-1)26(27-23-15-7-2-8-16-23)21-28(24-17-9-3-10-18-24)25-19-11-4-12-20-25/h1-21H/q+1/b26-21-. The molecule has 4 aromatic rings. The van der Waals surface area contributed by atoms with Crippen LogP contribution in [0.3, 0.4) is 0 Å². The fraction of sp³-hybridized carbons (Fsp3) is 0. The molecule has 0 bridgehead atoms. The minimum absolute atomic E-state index is 1.27. The maximum absolute atomic E-state index is 2.53. The first kappa shape index (κ1) is 18.8. The van der Waals surface area contributed by atoms with E-state index in [1.54, 1.807) is 0 Å². The molecule has 28 heavy (non-hydrogen) atoms. The summed E-state index contributed by atoms with van der Waals surface area (Å²) in [6.45, 7) is 0. The molecule has 0 aromatic heterocycles. The van der Waals surface area contributed by atoms with Crippen molar-refractivity contribution in [2.45, 2.75) is 4.90 Å². The Bertz CT molecular complexity index is 974. The second-order valence-corrected chi connectivity index (χ2v) is 11.2. The first-order valence-electron chi connectivity index (χ1n) is 9.23. The summed E-state index contributed by atoms with van der Waals surface area (Å²) in [5.41, 5.74) is 1.27. The van der Waals surface area contributed by atoms with Gasteiger partial charge in [-0.25, -0.2) is 0 Å². The zero-order valence-electron chi connectivity index (χ0n) is 15.4. The van der Waals surface area contributed by atoms with Gasteiger partial charge in [-0.15, -0.1) is 0 Å². The summed E-state index contributed by atoms with van der Waals surface area (Å²) in [6, 6.07) is 43.2. The predicted octanol–water partition coefficient (Wildman–Crippen LogP) is 5.67. The molecule has 4 rings (SSSR count).